The third-order valence-corrected chi connectivity index (χ3v) is 6.90. The number of benzene rings is 1. The van der Waals surface area contributed by atoms with E-state index in [-0.39, 0.29) is 0 Å². The van der Waals surface area contributed by atoms with Crippen molar-refractivity contribution in [3.05, 3.63) is 47.8 Å². The van der Waals surface area contributed by atoms with E-state index in [2.05, 4.69) is 66.3 Å². The van der Waals surface area contributed by atoms with Crippen LogP contribution < -0.4 is 5.32 Å². The van der Waals surface area contributed by atoms with Gasteiger partial charge in [0.15, 0.2) is 0 Å². The van der Waals surface area contributed by atoms with E-state index in [4.69, 9.17) is 4.98 Å². The molecular weight excluding hydrogens is 332 g/mol. The molecule has 0 saturated carbocycles. The zero-order chi connectivity index (χ0) is 18.5. The molecule has 3 fully saturated rings. The molecule has 0 spiro atoms. The summed E-state index contributed by atoms with van der Waals surface area (Å²) < 4.78 is 0. The van der Waals surface area contributed by atoms with E-state index in [1.807, 2.05) is 6.20 Å². The molecule has 3 saturated heterocycles. The maximum Gasteiger partial charge on any atom is 0.126 e. The van der Waals surface area contributed by atoms with Crippen LogP contribution in [0.5, 0.6) is 0 Å². The topological polar surface area (TPSA) is 44.0 Å². The molecular formula is C23H28N4. The van der Waals surface area contributed by atoms with E-state index in [9.17, 15) is 0 Å². The van der Waals surface area contributed by atoms with Gasteiger partial charge in [0.25, 0.3) is 0 Å². The molecule has 140 valence electrons. The van der Waals surface area contributed by atoms with Crippen LogP contribution in [0.3, 0.4) is 0 Å². The number of hydrogen-bond donors (Lipinski definition) is 2. The van der Waals surface area contributed by atoms with Gasteiger partial charge >= 0.3 is 0 Å². The number of anilines is 1. The van der Waals surface area contributed by atoms with Gasteiger partial charge in [-0.25, -0.2) is 4.98 Å². The SMILES string of the molecule is Cc1[nH]c2ccc(-c3ccc(N[C@@H]4C5CCN(CC5)[C@@H]4C)nc3)cc2c1C. The summed E-state index contributed by atoms with van der Waals surface area (Å²) in [5.74, 6) is 1.78. The van der Waals surface area contributed by atoms with Crippen LogP contribution in [0.4, 0.5) is 5.82 Å². The van der Waals surface area contributed by atoms with Crippen LogP contribution in [0, 0.1) is 19.8 Å². The van der Waals surface area contributed by atoms with E-state index < -0.39 is 0 Å². The summed E-state index contributed by atoms with van der Waals surface area (Å²) in [5.41, 5.74) is 6.17. The minimum Gasteiger partial charge on any atom is -0.365 e. The van der Waals surface area contributed by atoms with Gasteiger partial charge in [-0.3, -0.25) is 4.90 Å². The van der Waals surface area contributed by atoms with Crippen LogP contribution in [0.2, 0.25) is 0 Å². The van der Waals surface area contributed by atoms with E-state index in [0.717, 1.165) is 11.7 Å². The second kappa shape index (κ2) is 6.38. The lowest BCUT2D eigenvalue weighted by molar-refractivity contribution is 0.0457. The number of pyridine rings is 1. The maximum atomic E-state index is 4.74. The molecule has 3 aromatic rings. The van der Waals surface area contributed by atoms with Crippen molar-refractivity contribution < 1.29 is 0 Å². The third-order valence-electron chi connectivity index (χ3n) is 6.90. The van der Waals surface area contributed by atoms with Gasteiger partial charge < -0.3 is 10.3 Å². The molecule has 3 aliphatic heterocycles. The zero-order valence-corrected chi connectivity index (χ0v) is 16.4. The first kappa shape index (κ1) is 16.8. The standard InChI is InChI=1S/C23H28N4/c1-14-15(2)25-21-6-4-18(12-20(14)21)19-5-7-22(24-13-19)26-23-16(3)27-10-8-17(23)9-11-27/h4-7,12-13,16-17,23,25H,8-11H2,1-3H3,(H,24,26)/t16-,23+/m1/s1. The number of piperidine rings is 3. The van der Waals surface area contributed by atoms with Gasteiger partial charge in [0.05, 0.1) is 0 Å². The molecule has 2 aromatic heterocycles. The molecule has 5 heterocycles. The summed E-state index contributed by atoms with van der Waals surface area (Å²) in [6.45, 7) is 9.19. The molecule has 2 bridgehead atoms. The Hall–Kier alpha value is -2.33. The summed E-state index contributed by atoms with van der Waals surface area (Å²) in [4.78, 5) is 10.8. The van der Waals surface area contributed by atoms with Crippen LogP contribution >= 0.6 is 0 Å². The lowest BCUT2D eigenvalue weighted by Crippen LogP contribution is -2.59. The summed E-state index contributed by atoms with van der Waals surface area (Å²) >= 11 is 0. The number of fused-ring (bicyclic) bond motifs is 4. The number of hydrogen-bond acceptors (Lipinski definition) is 3. The van der Waals surface area contributed by atoms with E-state index in [1.165, 1.54) is 59.2 Å². The van der Waals surface area contributed by atoms with Gasteiger partial charge in [-0.2, -0.15) is 0 Å². The van der Waals surface area contributed by atoms with E-state index >= 15 is 0 Å². The molecule has 3 aliphatic rings. The largest absolute Gasteiger partial charge is 0.365 e. The van der Waals surface area contributed by atoms with Gasteiger partial charge in [-0.05, 0) is 88.0 Å². The summed E-state index contributed by atoms with van der Waals surface area (Å²) in [7, 11) is 0. The second-order valence-electron chi connectivity index (χ2n) is 8.35. The molecule has 1 aromatic carbocycles. The molecule has 0 aliphatic carbocycles. The molecule has 0 amide bonds. The average Bonchev–Trinajstić information content (AvgIpc) is 2.99. The minimum absolute atomic E-state index is 0.521. The van der Waals surface area contributed by atoms with Crippen LogP contribution in [0.1, 0.15) is 31.0 Å². The summed E-state index contributed by atoms with van der Waals surface area (Å²) in [6.07, 6.45) is 4.63. The Morgan fingerprint density at radius 2 is 1.85 bits per heavy atom. The highest BCUT2D eigenvalue weighted by Crippen LogP contribution is 2.34. The predicted octanol–water partition coefficient (Wildman–Crippen LogP) is 4.74. The van der Waals surface area contributed by atoms with Crippen molar-refractivity contribution >= 4 is 16.7 Å². The first-order valence-corrected chi connectivity index (χ1v) is 10.2. The number of nitrogens with zero attached hydrogens (tertiary/aromatic N) is 2. The highest BCUT2D eigenvalue weighted by Gasteiger charge is 2.39. The molecule has 2 atom stereocenters. The molecule has 6 rings (SSSR count). The van der Waals surface area contributed by atoms with Crippen molar-refractivity contribution in [2.75, 3.05) is 18.4 Å². The fraction of sp³-hybridized carbons (Fsp3) is 0.435. The smallest absolute Gasteiger partial charge is 0.126 e. The Labute approximate surface area is 161 Å². The van der Waals surface area contributed by atoms with Gasteiger partial charge in [-0.15, -0.1) is 0 Å². The molecule has 2 N–H and O–H groups in total. The van der Waals surface area contributed by atoms with Crippen molar-refractivity contribution in [2.24, 2.45) is 5.92 Å². The second-order valence-corrected chi connectivity index (χ2v) is 8.35. The predicted molar refractivity (Wildman–Crippen MR) is 112 cm³/mol. The molecule has 0 radical (unpaired) electrons. The Morgan fingerprint density at radius 3 is 2.56 bits per heavy atom. The number of aromatic amines is 1. The van der Waals surface area contributed by atoms with Crippen molar-refractivity contribution in [1.82, 2.24) is 14.9 Å². The Kier molecular flexibility index (Phi) is 3.97. The van der Waals surface area contributed by atoms with Crippen LogP contribution in [-0.4, -0.2) is 40.0 Å². The lowest BCUT2D eigenvalue weighted by atomic mass is 9.79. The highest BCUT2D eigenvalue weighted by atomic mass is 15.2. The van der Waals surface area contributed by atoms with Crippen LogP contribution in [0.15, 0.2) is 36.5 Å². The number of aromatic nitrogens is 2. The number of aryl methyl sites for hydroxylation is 2. The monoisotopic (exact) mass is 360 g/mol. The number of H-pyrrole nitrogens is 1. The number of rotatable bonds is 3. The summed E-state index contributed by atoms with van der Waals surface area (Å²) in [5, 5.41) is 5.02. The van der Waals surface area contributed by atoms with Crippen molar-refractivity contribution in [3.63, 3.8) is 0 Å². The third kappa shape index (κ3) is 2.83. The van der Waals surface area contributed by atoms with Gasteiger partial charge in [0.2, 0.25) is 0 Å². The Bertz CT molecular complexity index is 962. The molecule has 27 heavy (non-hydrogen) atoms. The van der Waals surface area contributed by atoms with E-state index in [1.54, 1.807) is 0 Å². The lowest BCUT2D eigenvalue weighted by Gasteiger charge is -2.50. The van der Waals surface area contributed by atoms with Crippen LogP contribution in [0.25, 0.3) is 22.0 Å². The van der Waals surface area contributed by atoms with E-state index in [0.29, 0.717) is 12.1 Å². The van der Waals surface area contributed by atoms with Crippen LogP contribution in [-0.2, 0) is 0 Å². The molecule has 0 unspecified atom stereocenters. The number of nitrogens with one attached hydrogen (secondary N) is 2. The fourth-order valence-electron chi connectivity index (χ4n) is 5.01. The zero-order valence-electron chi connectivity index (χ0n) is 16.4. The normalized spacial score (nSPS) is 27.2. The van der Waals surface area contributed by atoms with Gasteiger partial charge in [0, 0.05) is 40.4 Å². The Balaban J connectivity index is 1.38. The molecule has 4 heteroatoms. The highest BCUT2D eigenvalue weighted by molar-refractivity contribution is 5.88. The minimum atomic E-state index is 0.521. The maximum absolute atomic E-state index is 4.74. The Morgan fingerprint density at radius 1 is 1.07 bits per heavy atom. The summed E-state index contributed by atoms with van der Waals surface area (Å²) in [6, 6.07) is 12.1. The first-order chi connectivity index (χ1) is 13.1. The van der Waals surface area contributed by atoms with Gasteiger partial charge in [0.1, 0.15) is 5.82 Å². The first-order valence-electron chi connectivity index (χ1n) is 10.2. The fourth-order valence-corrected chi connectivity index (χ4v) is 5.01. The van der Waals surface area contributed by atoms with Crippen molar-refractivity contribution in [1.29, 1.82) is 0 Å². The van der Waals surface area contributed by atoms with Crippen molar-refractivity contribution in [2.45, 2.75) is 45.7 Å². The van der Waals surface area contributed by atoms with Crippen molar-refractivity contribution in [3.8, 4) is 11.1 Å². The quantitative estimate of drug-likeness (QED) is 0.709. The van der Waals surface area contributed by atoms with Gasteiger partial charge in [-0.1, -0.05) is 6.07 Å². The average molecular weight is 361 g/mol. The molecule has 4 nitrogen and oxygen atoms in total.